The number of nitrogens with zero attached hydrogens (tertiary/aromatic N) is 2. The number of rotatable bonds is 5. The number of hydrogen-bond acceptors (Lipinski definition) is 4. The summed E-state index contributed by atoms with van der Waals surface area (Å²) < 4.78 is 0. The molecule has 1 aliphatic rings. The van der Waals surface area contributed by atoms with Crippen LogP contribution in [-0.4, -0.2) is 34.7 Å². The van der Waals surface area contributed by atoms with E-state index >= 15 is 0 Å². The predicted molar refractivity (Wildman–Crippen MR) is 124 cm³/mol. The van der Waals surface area contributed by atoms with Crippen LogP contribution in [0, 0.1) is 6.92 Å². The fraction of sp³-hybridized carbons (Fsp3) is 0.500. The molecule has 1 heterocycles. The molecule has 7 heteroatoms. The van der Waals surface area contributed by atoms with Crippen LogP contribution in [0.2, 0.25) is 0 Å². The summed E-state index contributed by atoms with van der Waals surface area (Å²) in [5.74, 6) is 0.850. The number of aromatic nitrogens is 1. The Bertz CT molecular complexity index is 727. The lowest BCUT2D eigenvalue weighted by atomic mass is 9.93. The van der Waals surface area contributed by atoms with Crippen LogP contribution in [0.1, 0.15) is 43.2 Å². The van der Waals surface area contributed by atoms with E-state index in [0.29, 0.717) is 12.6 Å². The van der Waals surface area contributed by atoms with Gasteiger partial charge in [0.05, 0.1) is 18.3 Å². The Labute approximate surface area is 182 Å². The van der Waals surface area contributed by atoms with Crippen LogP contribution in [0.4, 0.5) is 0 Å². The molecule has 3 N–H and O–H groups in total. The smallest absolute Gasteiger partial charge is 0.191 e. The summed E-state index contributed by atoms with van der Waals surface area (Å²) in [5.41, 5.74) is 2.20. The molecule has 1 aliphatic carbocycles. The van der Waals surface area contributed by atoms with E-state index in [1.165, 1.54) is 4.88 Å². The van der Waals surface area contributed by atoms with Crippen molar-refractivity contribution in [3.63, 3.8) is 0 Å². The molecule has 5 nitrogen and oxygen atoms in total. The summed E-state index contributed by atoms with van der Waals surface area (Å²) >= 11 is 1.71. The second kappa shape index (κ2) is 11.0. The first-order chi connectivity index (χ1) is 12.7. The van der Waals surface area contributed by atoms with E-state index in [-0.39, 0.29) is 30.1 Å². The van der Waals surface area contributed by atoms with E-state index < -0.39 is 0 Å². The van der Waals surface area contributed by atoms with Gasteiger partial charge in [0.15, 0.2) is 5.96 Å². The highest BCUT2D eigenvalue weighted by Crippen LogP contribution is 2.28. The summed E-state index contributed by atoms with van der Waals surface area (Å²) in [4.78, 5) is 10.7. The molecule has 0 amide bonds. The minimum absolute atomic E-state index is 0. The minimum Gasteiger partial charge on any atom is -0.393 e. The molecule has 0 atom stereocenters. The first-order valence-corrected chi connectivity index (χ1v) is 10.2. The number of hydrogen-bond donors (Lipinski definition) is 3. The van der Waals surface area contributed by atoms with E-state index in [4.69, 9.17) is 9.98 Å². The van der Waals surface area contributed by atoms with Gasteiger partial charge >= 0.3 is 0 Å². The normalized spacial score (nSPS) is 20.0. The van der Waals surface area contributed by atoms with Crippen molar-refractivity contribution in [2.45, 2.75) is 58.2 Å². The Morgan fingerprint density at radius 1 is 1.22 bits per heavy atom. The van der Waals surface area contributed by atoms with Gasteiger partial charge in [0.2, 0.25) is 0 Å². The van der Waals surface area contributed by atoms with Crippen LogP contribution in [0.15, 0.2) is 35.3 Å². The summed E-state index contributed by atoms with van der Waals surface area (Å²) in [5, 5.41) is 17.6. The molecular weight excluding hydrogens is 471 g/mol. The second-order valence-corrected chi connectivity index (χ2v) is 7.82. The number of aliphatic imine (C=N–C) groups is 1. The molecule has 1 aromatic heterocycles. The van der Waals surface area contributed by atoms with Gasteiger partial charge in [0, 0.05) is 23.0 Å². The zero-order valence-corrected chi connectivity index (χ0v) is 19.1. The lowest BCUT2D eigenvalue weighted by Gasteiger charge is -2.27. The summed E-state index contributed by atoms with van der Waals surface area (Å²) in [7, 11) is 0. The number of benzene rings is 1. The van der Waals surface area contributed by atoms with Crippen LogP contribution in [0.5, 0.6) is 0 Å². The lowest BCUT2D eigenvalue weighted by Crippen LogP contribution is -2.45. The Hall–Kier alpha value is -1.19. The molecule has 2 aromatic rings. The predicted octanol–water partition coefficient (Wildman–Crippen LogP) is 4.10. The van der Waals surface area contributed by atoms with Gasteiger partial charge in [-0.2, -0.15) is 0 Å². The zero-order valence-electron chi connectivity index (χ0n) is 15.9. The maximum absolute atomic E-state index is 9.66. The molecule has 3 rings (SSSR count). The van der Waals surface area contributed by atoms with E-state index in [9.17, 15) is 5.11 Å². The van der Waals surface area contributed by atoms with Crippen molar-refractivity contribution >= 4 is 41.3 Å². The molecular formula is C20H29IN4OS. The number of aliphatic hydroxyl groups is 1. The summed E-state index contributed by atoms with van der Waals surface area (Å²) in [6.45, 7) is 5.59. The molecule has 148 valence electrons. The quantitative estimate of drug-likeness (QED) is 0.329. The van der Waals surface area contributed by atoms with Crippen LogP contribution in [-0.2, 0) is 6.54 Å². The topological polar surface area (TPSA) is 69.5 Å². The van der Waals surface area contributed by atoms with Gasteiger partial charge in [0.25, 0.3) is 0 Å². The van der Waals surface area contributed by atoms with E-state index in [2.05, 4.69) is 36.6 Å². The van der Waals surface area contributed by atoms with Crippen LogP contribution in [0.25, 0.3) is 10.6 Å². The Morgan fingerprint density at radius 3 is 2.59 bits per heavy atom. The SMILES string of the molecule is CCNC(=NCc1sc(-c2ccccc2)nc1C)NC1CCC(O)CC1.I. The van der Waals surface area contributed by atoms with Crippen molar-refractivity contribution in [3.05, 3.63) is 40.9 Å². The van der Waals surface area contributed by atoms with E-state index in [1.54, 1.807) is 11.3 Å². The summed E-state index contributed by atoms with van der Waals surface area (Å²) in [6, 6.07) is 10.7. The van der Waals surface area contributed by atoms with Crippen LogP contribution in [0.3, 0.4) is 0 Å². The van der Waals surface area contributed by atoms with Crippen LogP contribution >= 0.6 is 35.3 Å². The molecule has 0 aliphatic heterocycles. The van der Waals surface area contributed by atoms with Crippen molar-refractivity contribution in [2.75, 3.05) is 6.54 Å². The highest BCUT2D eigenvalue weighted by Gasteiger charge is 2.20. The zero-order chi connectivity index (χ0) is 18.4. The summed E-state index contributed by atoms with van der Waals surface area (Å²) in [6.07, 6.45) is 3.58. The molecule has 27 heavy (non-hydrogen) atoms. The number of halogens is 1. The van der Waals surface area contributed by atoms with Gasteiger partial charge in [-0.25, -0.2) is 9.98 Å². The number of thiazole rings is 1. The molecule has 0 unspecified atom stereocenters. The molecule has 0 radical (unpaired) electrons. The van der Waals surface area contributed by atoms with E-state index in [0.717, 1.165) is 54.5 Å². The average molecular weight is 500 g/mol. The lowest BCUT2D eigenvalue weighted by molar-refractivity contribution is 0.120. The van der Waals surface area contributed by atoms with Gasteiger partial charge in [-0.3, -0.25) is 0 Å². The first kappa shape index (κ1) is 22.1. The maximum Gasteiger partial charge on any atom is 0.191 e. The molecule has 1 fully saturated rings. The number of nitrogens with one attached hydrogen (secondary N) is 2. The van der Waals surface area contributed by atoms with Crippen molar-refractivity contribution in [1.29, 1.82) is 0 Å². The van der Waals surface area contributed by atoms with Gasteiger partial charge in [-0.1, -0.05) is 30.3 Å². The number of aliphatic hydroxyl groups excluding tert-OH is 1. The Balaban J connectivity index is 0.00000261. The molecule has 0 spiro atoms. The molecule has 1 saturated carbocycles. The monoisotopic (exact) mass is 500 g/mol. The van der Waals surface area contributed by atoms with Crippen molar-refractivity contribution in [3.8, 4) is 10.6 Å². The molecule has 0 saturated heterocycles. The van der Waals surface area contributed by atoms with Crippen molar-refractivity contribution in [2.24, 2.45) is 4.99 Å². The number of aryl methyl sites for hydroxylation is 1. The molecule has 1 aromatic carbocycles. The largest absolute Gasteiger partial charge is 0.393 e. The van der Waals surface area contributed by atoms with E-state index in [1.807, 2.05) is 18.2 Å². The van der Waals surface area contributed by atoms with Gasteiger partial charge in [-0.15, -0.1) is 35.3 Å². The second-order valence-electron chi connectivity index (χ2n) is 6.74. The minimum atomic E-state index is -0.135. The van der Waals surface area contributed by atoms with Gasteiger partial charge in [-0.05, 0) is 39.5 Å². The Morgan fingerprint density at radius 2 is 1.93 bits per heavy atom. The fourth-order valence-corrected chi connectivity index (χ4v) is 4.16. The van der Waals surface area contributed by atoms with Crippen LogP contribution < -0.4 is 10.6 Å². The third-order valence-corrected chi connectivity index (χ3v) is 5.87. The van der Waals surface area contributed by atoms with Gasteiger partial charge < -0.3 is 15.7 Å². The fourth-order valence-electron chi connectivity index (χ4n) is 3.16. The van der Waals surface area contributed by atoms with Crippen molar-refractivity contribution < 1.29 is 5.11 Å². The molecule has 0 bridgehead atoms. The highest BCUT2D eigenvalue weighted by atomic mass is 127. The average Bonchev–Trinajstić information content (AvgIpc) is 3.03. The number of guanidine groups is 1. The van der Waals surface area contributed by atoms with Gasteiger partial charge in [0.1, 0.15) is 5.01 Å². The van der Waals surface area contributed by atoms with Crippen molar-refractivity contribution in [1.82, 2.24) is 15.6 Å². The standard InChI is InChI=1S/C20H28N4OS.HI/c1-3-21-20(24-16-9-11-17(25)12-10-16)22-13-18-14(2)23-19(26-18)15-7-5-4-6-8-15;/h4-8,16-17,25H,3,9-13H2,1-2H3,(H2,21,22,24);1H. The Kier molecular flexibility index (Phi) is 8.98. The highest BCUT2D eigenvalue weighted by molar-refractivity contribution is 14.0. The first-order valence-electron chi connectivity index (χ1n) is 9.40. The third-order valence-electron chi connectivity index (χ3n) is 4.68. The maximum atomic E-state index is 9.66. The third kappa shape index (κ3) is 6.43.